The number of halogens is 1. The molecule has 1 saturated heterocycles. The molecule has 8 heteroatoms. The van der Waals surface area contributed by atoms with Crippen molar-refractivity contribution in [3.05, 3.63) is 22.6 Å². The molecule has 2 amide bonds. The van der Waals surface area contributed by atoms with Gasteiger partial charge in [-0.15, -0.1) is 0 Å². The largest absolute Gasteiger partial charge is 0.444 e. The molecule has 1 fully saturated rings. The molecule has 3 N–H and O–H groups in total. The Morgan fingerprint density at radius 2 is 2.10 bits per heavy atom. The van der Waals surface area contributed by atoms with Gasteiger partial charge in [-0.2, -0.15) is 0 Å². The summed E-state index contributed by atoms with van der Waals surface area (Å²) in [5.74, 6) is -0.468. The molecule has 1 aliphatic heterocycles. The third-order valence-corrected chi connectivity index (χ3v) is 3.53. The third-order valence-electron chi connectivity index (χ3n) is 3.11. The number of amides is 2. The predicted octanol–water partition coefficient (Wildman–Crippen LogP) is -1.37. The number of hydrogen-bond donors (Lipinski definition) is 3. The van der Waals surface area contributed by atoms with Crippen LogP contribution in [0, 0.1) is 0 Å². The second-order valence-electron chi connectivity index (χ2n) is 4.77. The first-order chi connectivity index (χ1) is 9.54. The van der Waals surface area contributed by atoms with E-state index in [-0.39, 0.29) is 18.2 Å². The summed E-state index contributed by atoms with van der Waals surface area (Å²) in [6, 6.07) is 3.17. The number of furan rings is 1. The van der Waals surface area contributed by atoms with Crippen LogP contribution >= 0.6 is 15.9 Å². The lowest BCUT2D eigenvalue weighted by Gasteiger charge is -2.30. The van der Waals surface area contributed by atoms with E-state index in [4.69, 9.17) is 4.42 Å². The van der Waals surface area contributed by atoms with Crippen molar-refractivity contribution in [3.63, 3.8) is 0 Å². The molecule has 20 heavy (non-hydrogen) atoms. The second kappa shape index (κ2) is 6.87. The fourth-order valence-electron chi connectivity index (χ4n) is 1.90. The van der Waals surface area contributed by atoms with Gasteiger partial charge < -0.3 is 14.6 Å². The summed E-state index contributed by atoms with van der Waals surface area (Å²) in [7, 11) is 2.13. The van der Waals surface area contributed by atoms with Gasteiger partial charge in [-0.3, -0.25) is 15.0 Å². The van der Waals surface area contributed by atoms with E-state index in [1.807, 2.05) is 5.01 Å². The standard InChI is InChI=1S/C12H17BrN4O3/c1-16-4-6-17(7-5-16)15-11(18)8-14-12(19)9-2-3-10(13)20-9/h2-3H,4-8H2,1H3,(H,14,19)(H,15,18)/p+1. The highest BCUT2D eigenvalue weighted by Gasteiger charge is 2.18. The number of nitrogens with one attached hydrogen (secondary N) is 3. The first-order valence-electron chi connectivity index (χ1n) is 6.44. The number of likely N-dealkylation sites (N-methyl/N-ethyl adjacent to an activating group) is 1. The number of piperazine rings is 1. The number of carbonyl (C=O) groups is 2. The van der Waals surface area contributed by atoms with Gasteiger partial charge in [0.15, 0.2) is 10.4 Å². The monoisotopic (exact) mass is 345 g/mol. The lowest BCUT2D eigenvalue weighted by molar-refractivity contribution is -0.884. The fourth-order valence-corrected chi connectivity index (χ4v) is 2.21. The molecule has 0 aromatic carbocycles. The van der Waals surface area contributed by atoms with Gasteiger partial charge >= 0.3 is 0 Å². The zero-order valence-electron chi connectivity index (χ0n) is 11.2. The van der Waals surface area contributed by atoms with Crippen molar-refractivity contribution in [3.8, 4) is 0 Å². The predicted molar refractivity (Wildman–Crippen MR) is 75.1 cm³/mol. The van der Waals surface area contributed by atoms with Gasteiger partial charge in [-0.25, -0.2) is 5.01 Å². The molecule has 1 aromatic rings. The zero-order valence-corrected chi connectivity index (χ0v) is 12.8. The van der Waals surface area contributed by atoms with Crippen LogP contribution in [0.5, 0.6) is 0 Å². The summed E-state index contributed by atoms with van der Waals surface area (Å²) in [4.78, 5) is 24.8. The van der Waals surface area contributed by atoms with E-state index in [1.54, 1.807) is 12.1 Å². The zero-order chi connectivity index (χ0) is 14.5. The molecular formula is C12H18BrN4O3+. The van der Waals surface area contributed by atoms with Crippen molar-refractivity contribution in [2.45, 2.75) is 0 Å². The van der Waals surface area contributed by atoms with Gasteiger partial charge in [-0.1, -0.05) is 0 Å². The molecule has 0 atom stereocenters. The van der Waals surface area contributed by atoms with E-state index < -0.39 is 5.91 Å². The van der Waals surface area contributed by atoms with Crippen LogP contribution in [0.2, 0.25) is 0 Å². The highest BCUT2D eigenvalue weighted by Crippen LogP contribution is 2.13. The topological polar surface area (TPSA) is 79.0 Å². The van der Waals surface area contributed by atoms with Crippen LogP contribution < -0.4 is 15.6 Å². The Hall–Kier alpha value is -1.38. The summed E-state index contributed by atoms with van der Waals surface area (Å²) >= 11 is 3.12. The Balaban J connectivity index is 1.71. The number of quaternary nitrogens is 1. The lowest BCUT2D eigenvalue weighted by atomic mass is 10.4. The minimum absolute atomic E-state index is 0.0731. The van der Waals surface area contributed by atoms with Gasteiger partial charge in [0.25, 0.3) is 11.8 Å². The summed E-state index contributed by atoms with van der Waals surface area (Å²) in [5, 5.41) is 4.39. The molecule has 7 nitrogen and oxygen atoms in total. The van der Waals surface area contributed by atoms with Crippen LogP contribution in [-0.2, 0) is 4.79 Å². The van der Waals surface area contributed by atoms with Crippen molar-refractivity contribution >= 4 is 27.7 Å². The fraction of sp³-hybridized carbons (Fsp3) is 0.500. The van der Waals surface area contributed by atoms with E-state index in [1.165, 1.54) is 4.90 Å². The van der Waals surface area contributed by atoms with E-state index >= 15 is 0 Å². The lowest BCUT2D eigenvalue weighted by Crippen LogP contribution is -3.12. The average molecular weight is 346 g/mol. The summed E-state index contributed by atoms with van der Waals surface area (Å²) in [5.41, 5.74) is 2.78. The maximum Gasteiger partial charge on any atom is 0.287 e. The summed E-state index contributed by atoms with van der Waals surface area (Å²) in [6.07, 6.45) is 0. The molecule has 2 heterocycles. The van der Waals surface area contributed by atoms with Gasteiger partial charge in [-0.05, 0) is 28.1 Å². The molecule has 1 aromatic heterocycles. The van der Waals surface area contributed by atoms with Crippen LogP contribution in [-0.4, -0.2) is 56.6 Å². The maximum atomic E-state index is 11.7. The van der Waals surface area contributed by atoms with Crippen molar-refractivity contribution in [1.82, 2.24) is 15.8 Å². The highest BCUT2D eigenvalue weighted by molar-refractivity contribution is 9.10. The van der Waals surface area contributed by atoms with Gasteiger partial charge in [0.05, 0.1) is 39.8 Å². The van der Waals surface area contributed by atoms with Crippen molar-refractivity contribution in [2.75, 3.05) is 39.8 Å². The number of hydrazine groups is 1. The average Bonchev–Trinajstić information content (AvgIpc) is 2.85. The Bertz CT molecular complexity index is 483. The summed E-state index contributed by atoms with van der Waals surface area (Å²) in [6.45, 7) is 3.55. The first kappa shape index (κ1) is 15.0. The van der Waals surface area contributed by atoms with Crippen molar-refractivity contribution in [1.29, 1.82) is 0 Å². The molecule has 0 radical (unpaired) electrons. The Labute approximate surface area is 125 Å². The van der Waals surface area contributed by atoms with Crippen molar-refractivity contribution in [2.24, 2.45) is 0 Å². The van der Waals surface area contributed by atoms with E-state index in [0.717, 1.165) is 26.2 Å². The minimum atomic E-state index is -0.409. The molecule has 110 valence electrons. The van der Waals surface area contributed by atoms with E-state index in [2.05, 4.69) is 33.7 Å². The molecule has 2 rings (SSSR count). The minimum Gasteiger partial charge on any atom is -0.444 e. The smallest absolute Gasteiger partial charge is 0.287 e. The van der Waals surface area contributed by atoms with Crippen LogP contribution in [0.3, 0.4) is 0 Å². The molecule has 1 aliphatic rings. The molecule has 0 bridgehead atoms. The van der Waals surface area contributed by atoms with Gasteiger partial charge in [0.2, 0.25) is 0 Å². The molecular weight excluding hydrogens is 328 g/mol. The third kappa shape index (κ3) is 4.32. The Morgan fingerprint density at radius 3 is 2.70 bits per heavy atom. The second-order valence-corrected chi connectivity index (χ2v) is 5.55. The maximum absolute atomic E-state index is 11.7. The first-order valence-corrected chi connectivity index (χ1v) is 7.23. The molecule has 0 aliphatic carbocycles. The van der Waals surface area contributed by atoms with E-state index in [0.29, 0.717) is 4.67 Å². The van der Waals surface area contributed by atoms with Crippen LogP contribution in [0.4, 0.5) is 0 Å². The molecule has 0 saturated carbocycles. The quantitative estimate of drug-likeness (QED) is 0.629. The molecule has 0 unspecified atom stereocenters. The number of rotatable bonds is 4. The van der Waals surface area contributed by atoms with E-state index in [9.17, 15) is 9.59 Å². The van der Waals surface area contributed by atoms with Crippen LogP contribution in [0.25, 0.3) is 0 Å². The molecule has 0 spiro atoms. The van der Waals surface area contributed by atoms with Crippen LogP contribution in [0.15, 0.2) is 21.2 Å². The number of carbonyl (C=O) groups excluding carboxylic acids is 2. The van der Waals surface area contributed by atoms with Gasteiger partial charge in [0.1, 0.15) is 0 Å². The Morgan fingerprint density at radius 1 is 1.40 bits per heavy atom. The number of nitrogens with zero attached hydrogens (tertiary/aromatic N) is 1. The summed E-state index contributed by atoms with van der Waals surface area (Å²) < 4.78 is 5.58. The number of hydrogen-bond acceptors (Lipinski definition) is 4. The Kier molecular flexibility index (Phi) is 5.16. The van der Waals surface area contributed by atoms with Crippen LogP contribution in [0.1, 0.15) is 10.6 Å². The van der Waals surface area contributed by atoms with Crippen molar-refractivity contribution < 1.29 is 18.9 Å². The normalized spacial score (nSPS) is 16.9. The SMILES string of the molecule is C[NH+]1CCN(NC(=O)CNC(=O)c2ccc(Br)o2)CC1. The van der Waals surface area contributed by atoms with Gasteiger partial charge in [0, 0.05) is 0 Å². The highest BCUT2D eigenvalue weighted by atomic mass is 79.9.